The lowest BCUT2D eigenvalue weighted by Crippen LogP contribution is -2.45. The first-order valence-corrected chi connectivity index (χ1v) is 7.24. The van der Waals surface area contributed by atoms with Crippen molar-refractivity contribution in [1.82, 2.24) is 10.6 Å². The van der Waals surface area contributed by atoms with Crippen LogP contribution >= 0.6 is 0 Å². The van der Waals surface area contributed by atoms with Crippen molar-refractivity contribution in [3.05, 3.63) is 35.4 Å². The lowest BCUT2D eigenvalue weighted by Gasteiger charge is -2.17. The Labute approximate surface area is 115 Å². The van der Waals surface area contributed by atoms with Gasteiger partial charge in [-0.25, -0.2) is 0 Å². The van der Waals surface area contributed by atoms with Crippen LogP contribution in [-0.4, -0.2) is 18.0 Å². The van der Waals surface area contributed by atoms with Crippen LogP contribution in [0.15, 0.2) is 24.3 Å². The second-order valence-electron chi connectivity index (χ2n) is 5.58. The van der Waals surface area contributed by atoms with Crippen molar-refractivity contribution in [3.8, 4) is 0 Å². The number of amides is 1. The largest absolute Gasteiger partial charge is 0.352 e. The summed E-state index contributed by atoms with van der Waals surface area (Å²) < 4.78 is 0. The van der Waals surface area contributed by atoms with Gasteiger partial charge in [-0.05, 0) is 32.3 Å². The van der Waals surface area contributed by atoms with Crippen LogP contribution in [0.3, 0.4) is 0 Å². The van der Waals surface area contributed by atoms with Crippen molar-refractivity contribution >= 4 is 5.91 Å². The third kappa shape index (κ3) is 4.35. The van der Waals surface area contributed by atoms with E-state index in [1.165, 1.54) is 24.0 Å². The molecule has 3 heteroatoms. The molecule has 2 N–H and O–H groups in total. The highest BCUT2D eigenvalue weighted by molar-refractivity contribution is 5.81. The first-order chi connectivity index (χ1) is 9.15. The van der Waals surface area contributed by atoms with E-state index in [1.54, 1.807) is 0 Å². The van der Waals surface area contributed by atoms with E-state index < -0.39 is 0 Å². The van der Waals surface area contributed by atoms with E-state index in [0.29, 0.717) is 6.04 Å². The molecule has 1 aliphatic carbocycles. The van der Waals surface area contributed by atoms with E-state index in [9.17, 15) is 4.79 Å². The monoisotopic (exact) mass is 260 g/mol. The average Bonchev–Trinajstić information content (AvgIpc) is 2.89. The van der Waals surface area contributed by atoms with Crippen LogP contribution in [0.4, 0.5) is 0 Å². The molecule has 1 aliphatic rings. The van der Waals surface area contributed by atoms with Gasteiger partial charge < -0.3 is 10.6 Å². The molecule has 0 saturated heterocycles. The van der Waals surface area contributed by atoms with Crippen LogP contribution in [0.2, 0.25) is 0 Å². The number of carbonyl (C=O) groups excluding carboxylic acids is 1. The number of benzene rings is 1. The molecule has 0 spiro atoms. The first-order valence-electron chi connectivity index (χ1n) is 7.24. The minimum absolute atomic E-state index is 0.125. The van der Waals surface area contributed by atoms with Gasteiger partial charge >= 0.3 is 0 Å². The normalized spacial score (nSPS) is 17.4. The molecule has 19 heavy (non-hydrogen) atoms. The Morgan fingerprint density at radius 3 is 2.79 bits per heavy atom. The van der Waals surface area contributed by atoms with E-state index in [2.05, 4.69) is 41.8 Å². The molecule has 1 unspecified atom stereocenters. The highest BCUT2D eigenvalue weighted by Gasteiger charge is 2.20. The predicted octanol–water partition coefficient (Wildman–Crippen LogP) is 2.53. The van der Waals surface area contributed by atoms with Crippen LogP contribution < -0.4 is 10.6 Å². The first kappa shape index (κ1) is 14.1. The van der Waals surface area contributed by atoms with Gasteiger partial charge in [-0.15, -0.1) is 0 Å². The van der Waals surface area contributed by atoms with Gasteiger partial charge in [0.25, 0.3) is 0 Å². The van der Waals surface area contributed by atoms with Crippen molar-refractivity contribution in [3.63, 3.8) is 0 Å². The molecule has 0 aromatic heterocycles. The molecular weight excluding hydrogens is 236 g/mol. The van der Waals surface area contributed by atoms with Gasteiger partial charge in [0.15, 0.2) is 0 Å². The smallest absolute Gasteiger partial charge is 0.237 e. The number of nitrogens with one attached hydrogen (secondary N) is 2. The van der Waals surface area contributed by atoms with E-state index >= 15 is 0 Å². The quantitative estimate of drug-likeness (QED) is 0.854. The molecule has 1 amide bonds. The fraction of sp³-hybridized carbons (Fsp3) is 0.562. The Balaban J connectivity index is 1.76. The molecule has 3 nitrogen and oxygen atoms in total. The molecule has 0 aliphatic heterocycles. The topological polar surface area (TPSA) is 41.1 Å². The highest BCUT2D eigenvalue weighted by Crippen LogP contribution is 2.17. The molecule has 0 bridgehead atoms. The van der Waals surface area contributed by atoms with Gasteiger partial charge in [-0.2, -0.15) is 0 Å². The standard InChI is InChI=1S/C16H24N2O/c1-12-6-5-7-14(10-12)11-17-13(2)16(19)18-15-8-3-4-9-15/h5-7,10,13,15,17H,3-4,8-9,11H2,1-2H3,(H,18,19). The lowest BCUT2D eigenvalue weighted by molar-refractivity contribution is -0.123. The van der Waals surface area contributed by atoms with Crippen molar-refractivity contribution < 1.29 is 4.79 Å². The van der Waals surface area contributed by atoms with Crippen molar-refractivity contribution in [2.45, 2.75) is 58.2 Å². The summed E-state index contributed by atoms with van der Waals surface area (Å²) in [5.41, 5.74) is 2.47. The molecule has 0 heterocycles. The van der Waals surface area contributed by atoms with E-state index in [-0.39, 0.29) is 11.9 Å². The second-order valence-corrected chi connectivity index (χ2v) is 5.58. The van der Waals surface area contributed by atoms with Crippen molar-refractivity contribution in [2.24, 2.45) is 0 Å². The van der Waals surface area contributed by atoms with Crippen molar-refractivity contribution in [2.75, 3.05) is 0 Å². The lowest BCUT2D eigenvalue weighted by atomic mass is 10.1. The molecule has 1 saturated carbocycles. The van der Waals surface area contributed by atoms with Crippen LogP contribution in [0.1, 0.15) is 43.7 Å². The summed E-state index contributed by atoms with van der Waals surface area (Å²) in [7, 11) is 0. The Kier molecular flexibility index (Phi) is 4.97. The van der Waals surface area contributed by atoms with Crippen LogP contribution in [0.25, 0.3) is 0 Å². The van der Waals surface area contributed by atoms with E-state index in [0.717, 1.165) is 19.4 Å². The Bertz CT molecular complexity index is 425. The number of hydrogen-bond donors (Lipinski definition) is 2. The molecule has 104 valence electrons. The molecule has 1 fully saturated rings. The maximum atomic E-state index is 12.0. The zero-order chi connectivity index (χ0) is 13.7. The minimum Gasteiger partial charge on any atom is -0.352 e. The number of aryl methyl sites for hydroxylation is 1. The predicted molar refractivity (Wildman–Crippen MR) is 77.9 cm³/mol. The van der Waals surface area contributed by atoms with Gasteiger partial charge in [0, 0.05) is 12.6 Å². The fourth-order valence-corrected chi connectivity index (χ4v) is 2.58. The van der Waals surface area contributed by atoms with Crippen LogP contribution in [-0.2, 0) is 11.3 Å². The van der Waals surface area contributed by atoms with Crippen LogP contribution in [0.5, 0.6) is 0 Å². The van der Waals surface area contributed by atoms with E-state index in [1.807, 2.05) is 6.92 Å². The third-order valence-electron chi connectivity index (χ3n) is 3.79. The van der Waals surface area contributed by atoms with Crippen molar-refractivity contribution in [1.29, 1.82) is 0 Å². The fourth-order valence-electron chi connectivity index (χ4n) is 2.58. The second kappa shape index (κ2) is 6.71. The number of rotatable bonds is 5. The summed E-state index contributed by atoms with van der Waals surface area (Å²) >= 11 is 0. The zero-order valence-corrected chi connectivity index (χ0v) is 11.9. The van der Waals surface area contributed by atoms with Gasteiger partial charge in [0.05, 0.1) is 6.04 Å². The molecule has 0 radical (unpaired) electrons. The van der Waals surface area contributed by atoms with Gasteiger partial charge in [0.2, 0.25) is 5.91 Å². The Morgan fingerprint density at radius 2 is 2.11 bits per heavy atom. The minimum atomic E-state index is -0.138. The van der Waals surface area contributed by atoms with Gasteiger partial charge in [-0.1, -0.05) is 42.7 Å². The molecule has 2 rings (SSSR count). The van der Waals surface area contributed by atoms with E-state index in [4.69, 9.17) is 0 Å². The Hall–Kier alpha value is -1.35. The molecule has 1 aromatic rings. The summed E-state index contributed by atoms with van der Waals surface area (Å²) in [5, 5.41) is 6.41. The van der Waals surface area contributed by atoms with Gasteiger partial charge in [0.1, 0.15) is 0 Å². The zero-order valence-electron chi connectivity index (χ0n) is 11.9. The average molecular weight is 260 g/mol. The summed E-state index contributed by atoms with van der Waals surface area (Å²) in [5.74, 6) is 0.125. The summed E-state index contributed by atoms with van der Waals surface area (Å²) in [6.45, 7) is 4.75. The molecule has 1 aromatic carbocycles. The number of hydrogen-bond acceptors (Lipinski definition) is 2. The summed E-state index contributed by atoms with van der Waals surface area (Å²) in [6.07, 6.45) is 4.76. The summed E-state index contributed by atoms with van der Waals surface area (Å²) in [6, 6.07) is 8.63. The van der Waals surface area contributed by atoms with Crippen LogP contribution in [0, 0.1) is 6.92 Å². The number of carbonyl (C=O) groups is 1. The van der Waals surface area contributed by atoms with Gasteiger partial charge in [-0.3, -0.25) is 4.79 Å². The Morgan fingerprint density at radius 1 is 1.37 bits per heavy atom. The SMILES string of the molecule is Cc1cccc(CNC(C)C(=O)NC2CCCC2)c1. The summed E-state index contributed by atoms with van der Waals surface area (Å²) in [4.78, 5) is 12.0. The maximum Gasteiger partial charge on any atom is 0.237 e. The third-order valence-corrected chi connectivity index (χ3v) is 3.79. The molecular formula is C16H24N2O. The molecule has 1 atom stereocenters. The maximum absolute atomic E-state index is 12.0. The highest BCUT2D eigenvalue weighted by atomic mass is 16.2.